The molecule has 0 bridgehead atoms. The third-order valence-electron chi connectivity index (χ3n) is 2.43. The molecule has 0 amide bonds. The Morgan fingerprint density at radius 3 is 2.71 bits per heavy atom. The summed E-state index contributed by atoms with van der Waals surface area (Å²) in [5.74, 6) is -0.420. The molecule has 0 saturated heterocycles. The van der Waals surface area contributed by atoms with Crippen molar-refractivity contribution in [3.63, 3.8) is 0 Å². The summed E-state index contributed by atoms with van der Waals surface area (Å²) in [6.45, 7) is 1.99. The van der Waals surface area contributed by atoms with Gasteiger partial charge in [-0.05, 0) is 42.6 Å². The number of carbonyl (C=O) groups excluding carboxylic acids is 1. The van der Waals surface area contributed by atoms with Gasteiger partial charge in [0.15, 0.2) is 0 Å². The third kappa shape index (κ3) is 2.15. The number of fused-ring (bicyclic) bond motifs is 1. The van der Waals surface area contributed by atoms with E-state index in [2.05, 4.69) is 0 Å². The normalized spacial score (nSPS) is 10.4. The van der Waals surface area contributed by atoms with Crippen molar-refractivity contribution in [2.75, 3.05) is 6.61 Å². The number of benzene rings is 2. The van der Waals surface area contributed by atoms with Crippen LogP contribution in [0, 0.1) is 0 Å². The quantitative estimate of drug-likeness (QED) is 0.780. The second kappa shape index (κ2) is 4.33. The maximum Gasteiger partial charge on any atom is 0.338 e. The van der Waals surface area contributed by atoms with E-state index < -0.39 is 5.97 Å². The zero-order valence-corrected chi connectivity index (χ0v) is 9.30. The summed E-state index contributed by atoms with van der Waals surface area (Å²) < 4.78 is 4.85. The minimum Gasteiger partial charge on any atom is -0.508 e. The van der Waals surface area contributed by atoms with Crippen LogP contribution in [0.4, 0.5) is 0 Å². The van der Waals surface area contributed by atoms with Crippen LogP contribution >= 0.6 is 0 Å². The Hall–Kier alpha value is -2.23. The van der Waals surface area contributed by atoms with Crippen molar-refractivity contribution in [3.05, 3.63) is 35.9 Å². The Bertz CT molecular complexity index is 575. The number of ether oxygens (including phenoxy) is 1. The van der Waals surface area contributed by atoms with Crippen molar-refractivity contribution in [2.45, 2.75) is 6.92 Å². The molecule has 0 fully saturated rings. The van der Waals surface area contributed by atoms with E-state index in [4.69, 9.17) is 4.74 Å². The molecule has 0 aromatic heterocycles. The van der Waals surface area contributed by atoms with Gasteiger partial charge < -0.3 is 14.9 Å². The number of hydrogen-bond acceptors (Lipinski definition) is 4. The molecule has 0 unspecified atom stereocenters. The van der Waals surface area contributed by atoms with Gasteiger partial charge in [-0.2, -0.15) is 0 Å². The van der Waals surface area contributed by atoms with E-state index in [0.29, 0.717) is 10.8 Å². The van der Waals surface area contributed by atoms with Gasteiger partial charge in [-0.1, -0.05) is 0 Å². The third-order valence-corrected chi connectivity index (χ3v) is 2.43. The van der Waals surface area contributed by atoms with Crippen molar-refractivity contribution in [1.82, 2.24) is 0 Å². The van der Waals surface area contributed by atoms with E-state index in [0.717, 1.165) is 0 Å². The smallest absolute Gasteiger partial charge is 0.338 e. The molecule has 17 heavy (non-hydrogen) atoms. The lowest BCUT2D eigenvalue weighted by Gasteiger charge is -2.06. The Morgan fingerprint density at radius 1 is 1.24 bits per heavy atom. The molecule has 2 aromatic carbocycles. The monoisotopic (exact) mass is 232 g/mol. The second-order valence-corrected chi connectivity index (χ2v) is 3.62. The van der Waals surface area contributed by atoms with E-state index in [9.17, 15) is 15.0 Å². The van der Waals surface area contributed by atoms with Crippen LogP contribution in [0.1, 0.15) is 17.3 Å². The number of phenols is 2. The summed E-state index contributed by atoms with van der Waals surface area (Å²) in [5.41, 5.74) is 0.266. The van der Waals surface area contributed by atoms with E-state index in [1.807, 2.05) is 0 Å². The molecule has 0 aliphatic heterocycles. The first-order chi connectivity index (χ1) is 8.11. The number of phenolic OH excluding ortho intramolecular Hbond substituents is 2. The maximum absolute atomic E-state index is 11.5. The number of rotatable bonds is 2. The lowest BCUT2D eigenvalue weighted by molar-refractivity contribution is 0.0526. The summed E-state index contributed by atoms with van der Waals surface area (Å²) in [4.78, 5) is 11.5. The van der Waals surface area contributed by atoms with E-state index in [1.165, 1.54) is 18.2 Å². The number of hydrogen-bond donors (Lipinski definition) is 2. The van der Waals surface area contributed by atoms with E-state index >= 15 is 0 Å². The summed E-state index contributed by atoms with van der Waals surface area (Å²) >= 11 is 0. The lowest BCUT2D eigenvalue weighted by Crippen LogP contribution is -2.04. The summed E-state index contributed by atoms with van der Waals surface area (Å²) in [6.07, 6.45) is 0. The second-order valence-electron chi connectivity index (χ2n) is 3.62. The van der Waals surface area contributed by atoms with Gasteiger partial charge in [-0.3, -0.25) is 0 Å². The highest BCUT2D eigenvalue weighted by atomic mass is 16.5. The molecular formula is C13H12O4. The van der Waals surface area contributed by atoms with Crippen molar-refractivity contribution >= 4 is 16.7 Å². The van der Waals surface area contributed by atoms with Crippen LogP contribution in [0.15, 0.2) is 30.3 Å². The van der Waals surface area contributed by atoms with Crippen LogP contribution < -0.4 is 0 Å². The molecule has 2 aromatic rings. The fraction of sp³-hybridized carbons (Fsp3) is 0.154. The zero-order chi connectivity index (χ0) is 12.4. The molecule has 4 nitrogen and oxygen atoms in total. The predicted molar refractivity (Wildman–Crippen MR) is 63.2 cm³/mol. The average Bonchev–Trinajstić information content (AvgIpc) is 2.28. The van der Waals surface area contributed by atoms with Crippen LogP contribution in [0.3, 0.4) is 0 Å². The first-order valence-corrected chi connectivity index (χ1v) is 5.24. The first kappa shape index (κ1) is 11.3. The largest absolute Gasteiger partial charge is 0.508 e. The van der Waals surface area contributed by atoms with Gasteiger partial charge in [0.1, 0.15) is 11.5 Å². The molecule has 0 saturated carbocycles. The predicted octanol–water partition coefficient (Wildman–Crippen LogP) is 2.43. The van der Waals surface area contributed by atoms with Crippen LogP contribution in [-0.4, -0.2) is 22.8 Å². The van der Waals surface area contributed by atoms with Crippen LogP contribution in [0.2, 0.25) is 0 Å². The number of carbonyl (C=O) groups is 1. The molecule has 0 aliphatic rings. The van der Waals surface area contributed by atoms with Gasteiger partial charge in [-0.25, -0.2) is 4.79 Å². The fourth-order valence-corrected chi connectivity index (χ4v) is 1.67. The lowest BCUT2D eigenvalue weighted by atomic mass is 10.1. The molecule has 0 radical (unpaired) electrons. The molecule has 0 aliphatic carbocycles. The maximum atomic E-state index is 11.5. The van der Waals surface area contributed by atoms with E-state index in [-0.39, 0.29) is 23.7 Å². The molecular weight excluding hydrogens is 220 g/mol. The van der Waals surface area contributed by atoms with Gasteiger partial charge in [0.2, 0.25) is 0 Å². The fourth-order valence-electron chi connectivity index (χ4n) is 1.67. The minimum absolute atomic E-state index is 0.00875. The highest BCUT2D eigenvalue weighted by Gasteiger charge is 2.10. The molecule has 0 atom stereocenters. The Kier molecular flexibility index (Phi) is 2.87. The summed E-state index contributed by atoms with van der Waals surface area (Å²) in [7, 11) is 0. The molecule has 0 heterocycles. The van der Waals surface area contributed by atoms with Gasteiger partial charge in [0, 0.05) is 5.39 Å². The molecule has 2 N–H and O–H groups in total. The summed E-state index contributed by atoms with van der Waals surface area (Å²) in [5, 5.41) is 20.3. The Labute approximate surface area is 98.1 Å². The SMILES string of the molecule is CCOC(=O)c1cc(O)c2ccc(O)cc2c1. The van der Waals surface area contributed by atoms with Crippen molar-refractivity contribution < 1.29 is 19.7 Å². The van der Waals surface area contributed by atoms with Gasteiger partial charge in [-0.15, -0.1) is 0 Å². The highest BCUT2D eigenvalue weighted by Crippen LogP contribution is 2.29. The van der Waals surface area contributed by atoms with Gasteiger partial charge in [0.25, 0.3) is 0 Å². The van der Waals surface area contributed by atoms with Crippen LogP contribution in [-0.2, 0) is 4.74 Å². The van der Waals surface area contributed by atoms with Gasteiger partial charge in [0.05, 0.1) is 12.2 Å². The molecule has 2 rings (SSSR count). The number of aromatic hydroxyl groups is 2. The van der Waals surface area contributed by atoms with Crippen molar-refractivity contribution in [3.8, 4) is 11.5 Å². The molecule has 0 spiro atoms. The first-order valence-electron chi connectivity index (χ1n) is 5.24. The number of esters is 1. The molecule has 4 heteroatoms. The van der Waals surface area contributed by atoms with Crippen LogP contribution in [0.5, 0.6) is 11.5 Å². The summed E-state index contributed by atoms with van der Waals surface area (Å²) in [6, 6.07) is 7.49. The van der Waals surface area contributed by atoms with Crippen molar-refractivity contribution in [2.24, 2.45) is 0 Å². The van der Waals surface area contributed by atoms with E-state index in [1.54, 1.807) is 19.1 Å². The molecule has 88 valence electrons. The standard InChI is InChI=1S/C13H12O4/c1-2-17-13(16)9-5-8-6-10(14)3-4-11(8)12(15)7-9/h3-7,14-15H,2H2,1H3. The van der Waals surface area contributed by atoms with Crippen LogP contribution in [0.25, 0.3) is 10.8 Å². The van der Waals surface area contributed by atoms with Gasteiger partial charge >= 0.3 is 5.97 Å². The Balaban J connectivity index is 2.57. The highest BCUT2D eigenvalue weighted by molar-refractivity contribution is 5.98. The average molecular weight is 232 g/mol. The van der Waals surface area contributed by atoms with Crippen molar-refractivity contribution in [1.29, 1.82) is 0 Å². The Morgan fingerprint density at radius 2 is 2.00 bits per heavy atom. The topological polar surface area (TPSA) is 66.8 Å². The zero-order valence-electron chi connectivity index (χ0n) is 9.30. The minimum atomic E-state index is -0.493.